The van der Waals surface area contributed by atoms with E-state index in [1.807, 2.05) is 43.3 Å². The summed E-state index contributed by atoms with van der Waals surface area (Å²) >= 11 is 1.80. The second kappa shape index (κ2) is 7.15. The van der Waals surface area contributed by atoms with Crippen molar-refractivity contribution in [3.05, 3.63) is 59.7 Å². The van der Waals surface area contributed by atoms with E-state index < -0.39 is 0 Å². The minimum Gasteiger partial charge on any atom is -0.372 e. The van der Waals surface area contributed by atoms with Gasteiger partial charge in [0.05, 0.1) is 0 Å². The summed E-state index contributed by atoms with van der Waals surface area (Å²) in [5.41, 5.74) is 3.13. The number of benzene rings is 2. The molecule has 20 heavy (non-hydrogen) atoms. The maximum absolute atomic E-state index is 11.3. The van der Waals surface area contributed by atoms with Crippen LogP contribution in [0.4, 0.5) is 5.69 Å². The van der Waals surface area contributed by atoms with Crippen LogP contribution in [-0.2, 0) is 4.79 Å². The highest BCUT2D eigenvalue weighted by Gasteiger charge is 2.10. The Morgan fingerprint density at radius 3 is 2.55 bits per heavy atom. The molecule has 0 radical (unpaired) electrons. The van der Waals surface area contributed by atoms with Gasteiger partial charge >= 0.3 is 0 Å². The molecule has 0 spiro atoms. The van der Waals surface area contributed by atoms with Gasteiger partial charge in [0.2, 0.25) is 0 Å². The van der Waals surface area contributed by atoms with Crippen molar-refractivity contribution in [2.75, 3.05) is 11.1 Å². The number of aryl methyl sites for hydroxylation is 1. The zero-order chi connectivity index (χ0) is 14.4. The predicted molar refractivity (Wildman–Crippen MR) is 86.4 cm³/mol. The van der Waals surface area contributed by atoms with E-state index in [2.05, 4.69) is 24.4 Å². The van der Waals surface area contributed by atoms with Crippen molar-refractivity contribution in [3.63, 3.8) is 0 Å². The van der Waals surface area contributed by atoms with Crippen LogP contribution >= 0.6 is 11.8 Å². The molecule has 0 saturated carbocycles. The lowest BCUT2D eigenvalue weighted by Gasteiger charge is -2.15. The number of carbonyl (C=O) groups is 1. The number of thioether (sulfide) groups is 1. The Morgan fingerprint density at radius 1 is 1.20 bits per heavy atom. The van der Waals surface area contributed by atoms with Gasteiger partial charge in [-0.1, -0.05) is 31.2 Å². The molecule has 0 saturated heterocycles. The van der Waals surface area contributed by atoms with Crippen LogP contribution in [0.25, 0.3) is 0 Å². The molecule has 0 fully saturated rings. The van der Waals surface area contributed by atoms with Crippen molar-refractivity contribution in [2.24, 2.45) is 0 Å². The minimum absolute atomic E-state index is 0.308. The number of hydrogen-bond acceptors (Lipinski definition) is 3. The molecule has 1 atom stereocenters. The maximum atomic E-state index is 11.3. The van der Waals surface area contributed by atoms with Crippen LogP contribution in [0.5, 0.6) is 0 Å². The Bertz CT molecular complexity index is 565. The fourth-order valence-corrected chi connectivity index (χ4v) is 2.71. The van der Waals surface area contributed by atoms with Gasteiger partial charge in [-0.2, -0.15) is 0 Å². The van der Waals surface area contributed by atoms with Gasteiger partial charge in [0.25, 0.3) is 0 Å². The summed E-state index contributed by atoms with van der Waals surface area (Å²) in [7, 11) is 0. The van der Waals surface area contributed by atoms with Crippen molar-refractivity contribution in [3.8, 4) is 0 Å². The smallest absolute Gasteiger partial charge is 0.146 e. The Labute approximate surface area is 124 Å². The van der Waals surface area contributed by atoms with Gasteiger partial charge < -0.3 is 10.1 Å². The summed E-state index contributed by atoms with van der Waals surface area (Å²) in [6.45, 7) is 4.17. The van der Waals surface area contributed by atoms with Crippen LogP contribution in [0.15, 0.2) is 53.4 Å². The molecular weight excluding hydrogens is 266 g/mol. The van der Waals surface area contributed by atoms with E-state index in [0.717, 1.165) is 23.3 Å². The third kappa shape index (κ3) is 3.87. The van der Waals surface area contributed by atoms with Gasteiger partial charge in [-0.3, -0.25) is 0 Å². The molecule has 0 heterocycles. The predicted octanol–water partition coefficient (Wildman–Crippen LogP) is 4.46. The second-order valence-electron chi connectivity index (χ2n) is 4.63. The Morgan fingerprint density at radius 2 is 1.95 bits per heavy atom. The van der Waals surface area contributed by atoms with Gasteiger partial charge in [-0.25, -0.2) is 0 Å². The summed E-state index contributed by atoms with van der Waals surface area (Å²) in [6, 6.07) is 15.9. The zero-order valence-corrected chi connectivity index (χ0v) is 12.6. The summed E-state index contributed by atoms with van der Waals surface area (Å²) in [6.07, 6.45) is 0.949. The third-order valence-electron chi connectivity index (χ3n) is 3.03. The monoisotopic (exact) mass is 285 g/mol. The van der Waals surface area contributed by atoms with E-state index >= 15 is 0 Å². The Kier molecular flexibility index (Phi) is 5.24. The topological polar surface area (TPSA) is 29.1 Å². The quantitative estimate of drug-likeness (QED) is 0.627. The van der Waals surface area contributed by atoms with Gasteiger partial charge in [0, 0.05) is 10.6 Å². The second-order valence-corrected chi connectivity index (χ2v) is 5.97. The fraction of sp³-hybridized carbons (Fsp3) is 0.235. The molecule has 1 N–H and O–H groups in total. The highest BCUT2D eigenvalue weighted by molar-refractivity contribution is 7.99. The molecule has 2 aromatic carbocycles. The van der Waals surface area contributed by atoms with Crippen molar-refractivity contribution in [1.29, 1.82) is 0 Å². The largest absolute Gasteiger partial charge is 0.372 e. The fourth-order valence-electron chi connectivity index (χ4n) is 2.05. The van der Waals surface area contributed by atoms with Crippen molar-refractivity contribution < 1.29 is 4.79 Å². The molecule has 0 aliphatic heterocycles. The molecule has 3 heteroatoms. The number of anilines is 1. The highest BCUT2D eigenvalue weighted by atomic mass is 32.2. The highest BCUT2D eigenvalue weighted by Crippen LogP contribution is 2.23. The summed E-state index contributed by atoms with van der Waals surface area (Å²) in [4.78, 5) is 12.6. The van der Waals surface area contributed by atoms with Crippen molar-refractivity contribution >= 4 is 23.7 Å². The van der Waals surface area contributed by atoms with E-state index in [1.165, 1.54) is 10.5 Å². The zero-order valence-electron chi connectivity index (χ0n) is 11.8. The van der Waals surface area contributed by atoms with E-state index in [-0.39, 0.29) is 6.04 Å². The first-order valence-corrected chi connectivity index (χ1v) is 7.72. The number of nitrogens with one attached hydrogen (secondary N) is 1. The minimum atomic E-state index is -0.308. The average Bonchev–Trinajstić information content (AvgIpc) is 2.46. The van der Waals surface area contributed by atoms with Gasteiger partial charge in [-0.15, -0.1) is 11.8 Å². The Hall–Kier alpha value is -1.74. The lowest BCUT2D eigenvalue weighted by Crippen LogP contribution is -2.11. The van der Waals surface area contributed by atoms with Crippen LogP contribution in [0.1, 0.15) is 24.1 Å². The summed E-state index contributed by atoms with van der Waals surface area (Å²) < 4.78 is 0. The average molecular weight is 285 g/mol. The standard InChI is InChI=1S/C17H19NOS/c1-3-20-16-9-7-14(8-10-16)17(12-19)18-15-6-4-5-13(2)11-15/h4-12,17-18H,3H2,1-2H3. The first-order valence-electron chi connectivity index (χ1n) is 6.74. The van der Waals surface area contributed by atoms with E-state index in [1.54, 1.807) is 11.8 Å². The first-order chi connectivity index (χ1) is 9.72. The molecule has 2 nitrogen and oxygen atoms in total. The SMILES string of the molecule is CCSc1ccc(C(C=O)Nc2cccc(C)c2)cc1. The molecule has 1 unspecified atom stereocenters. The molecule has 0 aliphatic rings. The summed E-state index contributed by atoms with van der Waals surface area (Å²) in [5.74, 6) is 1.05. The Balaban J connectivity index is 2.13. The lowest BCUT2D eigenvalue weighted by atomic mass is 10.1. The van der Waals surface area contributed by atoms with Gasteiger partial charge in [0.15, 0.2) is 0 Å². The molecule has 2 rings (SSSR count). The van der Waals surface area contributed by atoms with Crippen LogP contribution in [0.2, 0.25) is 0 Å². The number of carbonyl (C=O) groups excluding carboxylic acids is 1. The molecule has 104 valence electrons. The molecule has 2 aromatic rings. The normalized spacial score (nSPS) is 11.9. The number of hydrogen-bond donors (Lipinski definition) is 1. The van der Waals surface area contributed by atoms with Crippen molar-refractivity contribution in [1.82, 2.24) is 0 Å². The van der Waals surface area contributed by atoms with E-state index in [0.29, 0.717) is 0 Å². The van der Waals surface area contributed by atoms with Crippen LogP contribution < -0.4 is 5.32 Å². The molecular formula is C17H19NOS. The molecule has 0 bridgehead atoms. The first kappa shape index (κ1) is 14.7. The molecule has 0 aromatic heterocycles. The molecule has 0 aliphatic carbocycles. The van der Waals surface area contributed by atoms with Crippen LogP contribution in [0.3, 0.4) is 0 Å². The number of rotatable bonds is 6. The lowest BCUT2D eigenvalue weighted by molar-refractivity contribution is -0.108. The number of aldehydes is 1. The summed E-state index contributed by atoms with van der Waals surface area (Å²) in [5, 5.41) is 3.26. The maximum Gasteiger partial charge on any atom is 0.146 e. The van der Waals surface area contributed by atoms with E-state index in [9.17, 15) is 4.79 Å². The van der Waals surface area contributed by atoms with Gasteiger partial charge in [0.1, 0.15) is 12.3 Å². The molecule has 0 amide bonds. The van der Waals surface area contributed by atoms with E-state index in [4.69, 9.17) is 0 Å². The van der Waals surface area contributed by atoms with Crippen LogP contribution in [-0.4, -0.2) is 12.0 Å². The third-order valence-corrected chi connectivity index (χ3v) is 3.92. The van der Waals surface area contributed by atoms with Crippen molar-refractivity contribution in [2.45, 2.75) is 24.8 Å². The van der Waals surface area contributed by atoms with Crippen LogP contribution in [0, 0.1) is 6.92 Å². The van der Waals surface area contributed by atoms with Gasteiger partial charge in [-0.05, 0) is 48.1 Å².